The Morgan fingerprint density at radius 1 is 1.19 bits per heavy atom. The van der Waals surface area contributed by atoms with E-state index in [2.05, 4.69) is 30.8 Å². The number of aromatic nitrogens is 4. The molecule has 3 aromatic rings. The van der Waals surface area contributed by atoms with E-state index in [9.17, 15) is 0 Å². The van der Waals surface area contributed by atoms with Crippen molar-refractivity contribution in [1.82, 2.24) is 30.2 Å². The number of methoxy groups -OCH3 is 1. The Balaban J connectivity index is 0.00000243. The average Bonchev–Trinajstić information content (AvgIpc) is 3.07. The van der Waals surface area contributed by atoms with E-state index < -0.39 is 0 Å². The minimum atomic E-state index is 0. The Morgan fingerprint density at radius 3 is 2.81 bits per heavy atom. The normalized spacial score (nSPS) is 11.1. The lowest BCUT2D eigenvalue weighted by atomic mass is 10.3. The topological polar surface area (TPSA) is 88.7 Å². The number of hydrogen-bond acceptors (Lipinski definition) is 5. The molecule has 0 fully saturated rings. The lowest BCUT2D eigenvalue weighted by Crippen LogP contribution is -2.37. The van der Waals surface area contributed by atoms with Gasteiger partial charge in [-0.3, -0.25) is 4.40 Å². The molecule has 138 valence electrons. The first-order chi connectivity index (χ1) is 12.3. The zero-order valence-corrected chi connectivity index (χ0v) is 17.0. The first-order valence-corrected chi connectivity index (χ1v) is 8.10. The second kappa shape index (κ2) is 9.90. The van der Waals surface area contributed by atoms with Gasteiger partial charge >= 0.3 is 0 Å². The van der Waals surface area contributed by atoms with Crippen LogP contribution in [0.2, 0.25) is 0 Å². The number of nitrogens with one attached hydrogen (secondary N) is 2. The average molecular weight is 467 g/mol. The molecule has 0 saturated heterocycles. The molecule has 0 aliphatic rings. The van der Waals surface area contributed by atoms with Gasteiger partial charge in [-0.25, -0.2) is 9.98 Å². The van der Waals surface area contributed by atoms with Gasteiger partial charge < -0.3 is 15.4 Å². The molecular formula is C17H22IN7O. The minimum absolute atomic E-state index is 0. The van der Waals surface area contributed by atoms with Crippen LogP contribution in [0, 0.1) is 0 Å². The molecule has 0 aromatic carbocycles. The molecule has 0 saturated carbocycles. The molecule has 3 heterocycles. The van der Waals surface area contributed by atoms with Crippen LogP contribution < -0.4 is 15.4 Å². The van der Waals surface area contributed by atoms with Gasteiger partial charge in [0.15, 0.2) is 17.4 Å². The predicted octanol–water partition coefficient (Wildman–Crippen LogP) is 2.01. The zero-order valence-electron chi connectivity index (χ0n) is 14.7. The van der Waals surface area contributed by atoms with Crippen LogP contribution in [-0.4, -0.2) is 39.2 Å². The highest BCUT2D eigenvalue weighted by atomic mass is 127. The number of guanidine groups is 1. The Labute approximate surface area is 169 Å². The van der Waals surface area contributed by atoms with E-state index in [1.807, 2.05) is 47.9 Å². The molecule has 3 rings (SSSR count). The van der Waals surface area contributed by atoms with Gasteiger partial charge in [-0.2, -0.15) is 0 Å². The van der Waals surface area contributed by atoms with E-state index in [1.54, 1.807) is 13.3 Å². The summed E-state index contributed by atoms with van der Waals surface area (Å²) in [5, 5.41) is 14.9. The van der Waals surface area contributed by atoms with Crippen LogP contribution in [0.25, 0.3) is 5.65 Å². The van der Waals surface area contributed by atoms with Crippen LogP contribution in [-0.2, 0) is 13.1 Å². The quantitative estimate of drug-likeness (QED) is 0.328. The number of hydrogen-bond donors (Lipinski definition) is 2. The molecular weight excluding hydrogens is 445 g/mol. The summed E-state index contributed by atoms with van der Waals surface area (Å²) in [7, 11) is 1.60. The summed E-state index contributed by atoms with van der Waals surface area (Å²) >= 11 is 0. The summed E-state index contributed by atoms with van der Waals surface area (Å²) in [4.78, 5) is 8.76. The lowest BCUT2D eigenvalue weighted by Gasteiger charge is -2.10. The first kappa shape index (κ1) is 19.9. The van der Waals surface area contributed by atoms with E-state index >= 15 is 0 Å². The Kier molecular flexibility index (Phi) is 7.57. The number of pyridine rings is 2. The minimum Gasteiger partial charge on any atom is -0.481 e. The summed E-state index contributed by atoms with van der Waals surface area (Å²) in [5.74, 6) is 2.13. The number of halogens is 1. The molecule has 8 nitrogen and oxygen atoms in total. The zero-order chi connectivity index (χ0) is 17.5. The second-order valence-corrected chi connectivity index (χ2v) is 5.30. The van der Waals surface area contributed by atoms with Crippen molar-refractivity contribution in [3.05, 3.63) is 54.1 Å². The van der Waals surface area contributed by atoms with Gasteiger partial charge in [0.2, 0.25) is 5.88 Å². The maximum atomic E-state index is 5.06. The van der Waals surface area contributed by atoms with Gasteiger partial charge in [-0.1, -0.05) is 12.1 Å². The number of aliphatic imine (C=N–C) groups is 1. The molecule has 0 bridgehead atoms. The molecule has 0 radical (unpaired) electrons. The van der Waals surface area contributed by atoms with Crippen molar-refractivity contribution < 1.29 is 4.74 Å². The van der Waals surface area contributed by atoms with Crippen LogP contribution >= 0.6 is 24.0 Å². The number of nitrogens with zero attached hydrogens (tertiary/aromatic N) is 5. The van der Waals surface area contributed by atoms with Crippen molar-refractivity contribution in [3.8, 4) is 5.88 Å². The second-order valence-electron chi connectivity index (χ2n) is 5.30. The van der Waals surface area contributed by atoms with Gasteiger partial charge in [0.1, 0.15) is 0 Å². The van der Waals surface area contributed by atoms with Crippen LogP contribution in [0.1, 0.15) is 18.3 Å². The predicted molar refractivity (Wildman–Crippen MR) is 111 cm³/mol. The molecule has 3 aromatic heterocycles. The van der Waals surface area contributed by atoms with Crippen LogP contribution in [0.4, 0.5) is 0 Å². The van der Waals surface area contributed by atoms with Crippen molar-refractivity contribution in [2.75, 3.05) is 13.7 Å². The first-order valence-electron chi connectivity index (χ1n) is 8.10. The van der Waals surface area contributed by atoms with Crippen molar-refractivity contribution in [1.29, 1.82) is 0 Å². The largest absolute Gasteiger partial charge is 0.481 e. The Hall–Kier alpha value is -2.43. The Morgan fingerprint density at radius 2 is 2.08 bits per heavy atom. The summed E-state index contributed by atoms with van der Waals surface area (Å²) in [6.45, 7) is 3.84. The number of rotatable bonds is 6. The maximum absolute atomic E-state index is 5.06. The van der Waals surface area contributed by atoms with Crippen LogP contribution in [0.5, 0.6) is 5.88 Å². The molecule has 0 unspecified atom stereocenters. The molecule has 0 aliphatic carbocycles. The highest BCUT2D eigenvalue weighted by Gasteiger charge is 2.05. The fraction of sp³-hybridized carbons (Fsp3) is 0.294. The van der Waals surface area contributed by atoms with Gasteiger partial charge in [-0.15, -0.1) is 34.2 Å². The fourth-order valence-corrected chi connectivity index (χ4v) is 2.31. The van der Waals surface area contributed by atoms with E-state index in [1.165, 1.54) is 0 Å². The smallest absolute Gasteiger partial charge is 0.212 e. The molecule has 26 heavy (non-hydrogen) atoms. The fourth-order valence-electron chi connectivity index (χ4n) is 2.31. The van der Waals surface area contributed by atoms with Crippen molar-refractivity contribution in [2.45, 2.75) is 20.0 Å². The third-order valence-corrected chi connectivity index (χ3v) is 3.57. The molecule has 9 heteroatoms. The number of ether oxygens (including phenoxy) is 1. The summed E-state index contributed by atoms with van der Waals surface area (Å²) in [5.41, 5.74) is 1.83. The molecule has 0 spiro atoms. The van der Waals surface area contributed by atoms with Gasteiger partial charge in [0, 0.05) is 25.0 Å². The van der Waals surface area contributed by atoms with Crippen molar-refractivity contribution >= 4 is 35.6 Å². The molecule has 0 amide bonds. The van der Waals surface area contributed by atoms with E-state index in [0.29, 0.717) is 24.9 Å². The standard InChI is InChI=1S/C17H21N7O.HI/c1-3-18-17(20-11-13-7-8-16(25-2)19-10-13)21-12-15-23-22-14-6-4-5-9-24(14)15;/h4-10H,3,11-12H2,1-2H3,(H2,18,20,21);1H. The maximum Gasteiger partial charge on any atom is 0.212 e. The third-order valence-electron chi connectivity index (χ3n) is 3.57. The van der Waals surface area contributed by atoms with Crippen LogP contribution in [0.3, 0.4) is 0 Å². The molecule has 0 aliphatic heterocycles. The summed E-state index contributed by atoms with van der Waals surface area (Å²) in [6.07, 6.45) is 3.71. The monoisotopic (exact) mass is 467 g/mol. The van der Waals surface area contributed by atoms with Crippen molar-refractivity contribution in [3.63, 3.8) is 0 Å². The van der Waals surface area contributed by atoms with Gasteiger partial charge in [0.05, 0.1) is 20.2 Å². The number of fused-ring (bicyclic) bond motifs is 1. The molecule has 2 N–H and O–H groups in total. The SMILES string of the molecule is CCNC(=NCc1ccc(OC)nc1)NCc1nnc2ccccn12.I. The molecule has 0 atom stereocenters. The van der Waals surface area contributed by atoms with Gasteiger partial charge in [-0.05, 0) is 24.6 Å². The van der Waals surface area contributed by atoms with E-state index in [-0.39, 0.29) is 24.0 Å². The summed E-state index contributed by atoms with van der Waals surface area (Å²) in [6, 6.07) is 9.59. The third kappa shape index (κ3) is 5.04. The highest BCUT2D eigenvalue weighted by Crippen LogP contribution is 2.07. The van der Waals surface area contributed by atoms with Gasteiger partial charge in [0.25, 0.3) is 0 Å². The Bertz CT molecular complexity index is 848. The van der Waals surface area contributed by atoms with Crippen LogP contribution in [0.15, 0.2) is 47.7 Å². The summed E-state index contributed by atoms with van der Waals surface area (Å²) < 4.78 is 7.01. The van der Waals surface area contributed by atoms with E-state index in [0.717, 1.165) is 23.6 Å². The highest BCUT2D eigenvalue weighted by molar-refractivity contribution is 14.0. The lowest BCUT2D eigenvalue weighted by molar-refractivity contribution is 0.397. The van der Waals surface area contributed by atoms with E-state index in [4.69, 9.17) is 4.74 Å². The van der Waals surface area contributed by atoms with Crippen molar-refractivity contribution in [2.24, 2.45) is 4.99 Å².